The molecule has 3 nitrogen and oxygen atoms in total. The van der Waals surface area contributed by atoms with Gasteiger partial charge in [0.25, 0.3) is 0 Å². The molecule has 1 atom stereocenters. The average Bonchev–Trinajstić information content (AvgIpc) is 2.34. The van der Waals surface area contributed by atoms with Crippen molar-refractivity contribution in [3.8, 4) is 0 Å². The zero-order valence-electron chi connectivity index (χ0n) is 10.9. The van der Waals surface area contributed by atoms with Crippen molar-refractivity contribution >= 4 is 5.91 Å². The van der Waals surface area contributed by atoms with Crippen LogP contribution >= 0.6 is 0 Å². The van der Waals surface area contributed by atoms with Gasteiger partial charge in [-0.05, 0) is 25.3 Å². The Morgan fingerprint density at radius 3 is 2.53 bits per heavy atom. The number of hydrogen-bond acceptors (Lipinski definition) is 2. The highest BCUT2D eigenvalue weighted by Gasteiger charge is 2.06. The number of nitrogens with zero attached hydrogens (tertiary/aromatic N) is 1. The Labute approximate surface area is 104 Å². The minimum atomic E-state index is 0.122. The zero-order valence-corrected chi connectivity index (χ0v) is 10.9. The second-order valence-electron chi connectivity index (χ2n) is 4.59. The molecule has 1 unspecified atom stereocenters. The van der Waals surface area contributed by atoms with Crippen LogP contribution in [0.4, 0.5) is 0 Å². The van der Waals surface area contributed by atoms with Crippen molar-refractivity contribution in [2.45, 2.75) is 25.8 Å². The molecule has 0 aliphatic carbocycles. The molecule has 0 aromatic heterocycles. The first-order valence-electron chi connectivity index (χ1n) is 6.07. The summed E-state index contributed by atoms with van der Waals surface area (Å²) in [7, 11) is 3.55. The molecule has 0 bridgehead atoms. The highest BCUT2D eigenvalue weighted by Crippen LogP contribution is 2.04. The number of hydrogen-bond donors (Lipinski definition) is 1. The van der Waals surface area contributed by atoms with Crippen LogP contribution in [0.5, 0.6) is 0 Å². The first-order chi connectivity index (χ1) is 8.09. The Morgan fingerprint density at radius 2 is 1.94 bits per heavy atom. The van der Waals surface area contributed by atoms with E-state index in [4.69, 9.17) is 0 Å². The summed E-state index contributed by atoms with van der Waals surface area (Å²) < 4.78 is 0. The summed E-state index contributed by atoms with van der Waals surface area (Å²) in [6, 6.07) is 10.8. The van der Waals surface area contributed by atoms with E-state index in [0.717, 1.165) is 12.8 Å². The first kappa shape index (κ1) is 13.7. The van der Waals surface area contributed by atoms with E-state index < -0.39 is 0 Å². The van der Waals surface area contributed by atoms with Gasteiger partial charge in [0, 0.05) is 20.1 Å². The third-order valence-electron chi connectivity index (χ3n) is 2.81. The Balaban J connectivity index is 2.22. The monoisotopic (exact) mass is 234 g/mol. The molecule has 0 fully saturated rings. The van der Waals surface area contributed by atoms with Crippen molar-refractivity contribution in [3.05, 3.63) is 35.9 Å². The van der Waals surface area contributed by atoms with Crippen LogP contribution in [-0.2, 0) is 11.2 Å². The van der Waals surface area contributed by atoms with Gasteiger partial charge < -0.3 is 10.2 Å². The van der Waals surface area contributed by atoms with Crippen molar-refractivity contribution in [1.29, 1.82) is 0 Å². The fourth-order valence-corrected chi connectivity index (χ4v) is 1.55. The highest BCUT2D eigenvalue weighted by atomic mass is 16.2. The second kappa shape index (κ2) is 7.07. The summed E-state index contributed by atoms with van der Waals surface area (Å²) in [6.45, 7) is 2.54. The Kier molecular flexibility index (Phi) is 5.70. The minimum Gasteiger partial charge on any atom is -0.348 e. The standard InChI is InChI=1S/C14H22N2O/c1-12(15-11-14(17)16(2)3)9-10-13-7-5-4-6-8-13/h4-8,12,15H,9-11H2,1-3H3. The number of carbonyl (C=O) groups excluding carboxylic acids is 1. The van der Waals surface area contributed by atoms with E-state index in [9.17, 15) is 4.79 Å². The summed E-state index contributed by atoms with van der Waals surface area (Å²) >= 11 is 0. The summed E-state index contributed by atoms with van der Waals surface area (Å²) in [5.74, 6) is 0.122. The molecular weight excluding hydrogens is 212 g/mol. The molecule has 0 saturated carbocycles. The van der Waals surface area contributed by atoms with Gasteiger partial charge in [0.05, 0.1) is 6.54 Å². The molecule has 94 valence electrons. The molecule has 0 aliphatic rings. The minimum absolute atomic E-state index is 0.122. The lowest BCUT2D eigenvalue weighted by atomic mass is 10.1. The number of likely N-dealkylation sites (N-methyl/N-ethyl adjacent to an activating group) is 1. The van der Waals surface area contributed by atoms with Crippen LogP contribution in [0.1, 0.15) is 18.9 Å². The number of carbonyl (C=O) groups is 1. The first-order valence-corrected chi connectivity index (χ1v) is 6.07. The predicted molar refractivity (Wildman–Crippen MR) is 70.9 cm³/mol. The molecule has 1 aromatic rings. The van der Waals surface area contributed by atoms with Crippen LogP contribution < -0.4 is 5.32 Å². The van der Waals surface area contributed by atoms with E-state index >= 15 is 0 Å². The molecule has 0 heterocycles. The normalized spacial score (nSPS) is 12.2. The lowest BCUT2D eigenvalue weighted by Crippen LogP contribution is -2.37. The summed E-state index contributed by atoms with van der Waals surface area (Å²) in [5, 5.41) is 3.24. The van der Waals surface area contributed by atoms with Gasteiger partial charge in [-0.25, -0.2) is 0 Å². The summed E-state index contributed by atoms with van der Waals surface area (Å²) in [5.41, 5.74) is 1.35. The lowest BCUT2D eigenvalue weighted by Gasteiger charge is -2.16. The molecule has 1 rings (SSSR count). The maximum atomic E-state index is 11.4. The van der Waals surface area contributed by atoms with Crippen LogP contribution in [0.2, 0.25) is 0 Å². The van der Waals surface area contributed by atoms with Crippen molar-refractivity contribution < 1.29 is 4.79 Å². The molecule has 0 spiro atoms. The van der Waals surface area contributed by atoms with Crippen molar-refractivity contribution in [3.63, 3.8) is 0 Å². The molecule has 1 N–H and O–H groups in total. The molecule has 3 heteroatoms. The van der Waals surface area contributed by atoms with Gasteiger partial charge >= 0.3 is 0 Å². The SMILES string of the molecule is CC(CCc1ccccc1)NCC(=O)N(C)C. The maximum Gasteiger partial charge on any atom is 0.236 e. The van der Waals surface area contributed by atoms with Gasteiger partial charge in [0.2, 0.25) is 5.91 Å². The largest absolute Gasteiger partial charge is 0.348 e. The molecule has 17 heavy (non-hydrogen) atoms. The fourth-order valence-electron chi connectivity index (χ4n) is 1.55. The average molecular weight is 234 g/mol. The van der Waals surface area contributed by atoms with Crippen molar-refractivity contribution in [2.75, 3.05) is 20.6 Å². The van der Waals surface area contributed by atoms with E-state index in [0.29, 0.717) is 12.6 Å². The molecule has 1 amide bonds. The topological polar surface area (TPSA) is 32.3 Å². The fraction of sp³-hybridized carbons (Fsp3) is 0.500. The number of benzene rings is 1. The van der Waals surface area contributed by atoms with Gasteiger partial charge in [-0.3, -0.25) is 4.79 Å². The van der Waals surface area contributed by atoms with E-state index in [2.05, 4.69) is 36.5 Å². The van der Waals surface area contributed by atoms with E-state index in [1.54, 1.807) is 19.0 Å². The zero-order chi connectivity index (χ0) is 12.7. The molecule has 0 saturated heterocycles. The van der Waals surface area contributed by atoms with E-state index in [1.807, 2.05) is 6.07 Å². The molecule has 0 aliphatic heterocycles. The van der Waals surface area contributed by atoms with Gasteiger partial charge in [-0.2, -0.15) is 0 Å². The van der Waals surface area contributed by atoms with Gasteiger partial charge in [0.1, 0.15) is 0 Å². The van der Waals surface area contributed by atoms with Crippen molar-refractivity contribution in [2.24, 2.45) is 0 Å². The van der Waals surface area contributed by atoms with Crippen LogP contribution in [0, 0.1) is 0 Å². The Bertz CT molecular complexity index is 335. The quantitative estimate of drug-likeness (QED) is 0.812. The molecule has 1 aromatic carbocycles. The smallest absolute Gasteiger partial charge is 0.236 e. The number of rotatable bonds is 6. The van der Waals surface area contributed by atoms with Gasteiger partial charge in [-0.1, -0.05) is 30.3 Å². The van der Waals surface area contributed by atoms with Crippen LogP contribution in [0.3, 0.4) is 0 Å². The third-order valence-corrected chi connectivity index (χ3v) is 2.81. The second-order valence-corrected chi connectivity index (χ2v) is 4.59. The van der Waals surface area contributed by atoms with Crippen LogP contribution in [0.25, 0.3) is 0 Å². The van der Waals surface area contributed by atoms with Gasteiger partial charge in [-0.15, -0.1) is 0 Å². The summed E-state index contributed by atoms with van der Waals surface area (Å²) in [6.07, 6.45) is 2.09. The van der Waals surface area contributed by atoms with E-state index in [-0.39, 0.29) is 5.91 Å². The van der Waals surface area contributed by atoms with E-state index in [1.165, 1.54) is 5.56 Å². The number of nitrogens with one attached hydrogen (secondary N) is 1. The number of aryl methyl sites for hydroxylation is 1. The Morgan fingerprint density at radius 1 is 1.29 bits per heavy atom. The molecular formula is C14H22N2O. The van der Waals surface area contributed by atoms with Crippen LogP contribution in [-0.4, -0.2) is 37.5 Å². The van der Waals surface area contributed by atoms with Crippen LogP contribution in [0.15, 0.2) is 30.3 Å². The van der Waals surface area contributed by atoms with Crippen molar-refractivity contribution in [1.82, 2.24) is 10.2 Å². The number of amides is 1. The predicted octanol–water partition coefficient (Wildman–Crippen LogP) is 1.69. The molecule has 0 radical (unpaired) electrons. The Hall–Kier alpha value is -1.35. The maximum absolute atomic E-state index is 11.4. The summed E-state index contributed by atoms with van der Waals surface area (Å²) in [4.78, 5) is 13.0. The third kappa shape index (κ3) is 5.50. The van der Waals surface area contributed by atoms with Gasteiger partial charge in [0.15, 0.2) is 0 Å². The highest BCUT2D eigenvalue weighted by molar-refractivity contribution is 5.77. The lowest BCUT2D eigenvalue weighted by molar-refractivity contribution is -0.127.